The third-order valence-corrected chi connectivity index (χ3v) is 7.78. The maximum absolute atomic E-state index is 12.1. The van der Waals surface area contributed by atoms with Gasteiger partial charge in [-0.2, -0.15) is 0 Å². The van der Waals surface area contributed by atoms with E-state index < -0.39 is 0 Å². The van der Waals surface area contributed by atoms with Crippen LogP contribution in [0.1, 0.15) is 22.6 Å². The Hall–Kier alpha value is -2.68. The zero-order valence-corrected chi connectivity index (χ0v) is 18.9. The quantitative estimate of drug-likeness (QED) is 0.467. The fourth-order valence-corrected chi connectivity index (χ4v) is 6.15. The average Bonchev–Trinajstić information content (AvgIpc) is 3.28. The van der Waals surface area contributed by atoms with Gasteiger partial charge >= 0.3 is 4.87 Å². The van der Waals surface area contributed by atoms with Gasteiger partial charge in [0.2, 0.25) is 5.88 Å². The van der Waals surface area contributed by atoms with Crippen molar-refractivity contribution < 1.29 is 14.6 Å². The lowest BCUT2D eigenvalue weighted by Crippen LogP contribution is -2.15. The summed E-state index contributed by atoms with van der Waals surface area (Å²) in [7, 11) is 1.61. The predicted molar refractivity (Wildman–Crippen MR) is 123 cm³/mol. The Labute approximate surface area is 190 Å². The van der Waals surface area contributed by atoms with Crippen LogP contribution >= 0.6 is 34.3 Å². The molecule has 9 heteroatoms. The number of carbonyl (C=O) groups is 1. The van der Waals surface area contributed by atoms with Crippen LogP contribution < -0.4 is 9.61 Å². The number of nitrogens with zero attached hydrogens (tertiary/aromatic N) is 2. The molecule has 6 nitrogen and oxygen atoms in total. The zero-order chi connectivity index (χ0) is 21.7. The molecular formula is C22H17ClN2O4S2. The van der Waals surface area contributed by atoms with E-state index in [4.69, 9.17) is 21.3 Å². The highest BCUT2D eigenvalue weighted by Crippen LogP contribution is 2.44. The number of ketones is 1. The van der Waals surface area contributed by atoms with Crippen LogP contribution in [0.4, 0.5) is 0 Å². The minimum atomic E-state index is -0.280. The van der Waals surface area contributed by atoms with Gasteiger partial charge in [-0.05, 0) is 29.7 Å². The van der Waals surface area contributed by atoms with Crippen molar-refractivity contribution in [3.63, 3.8) is 0 Å². The summed E-state index contributed by atoms with van der Waals surface area (Å²) in [6, 6.07) is 7.62. The van der Waals surface area contributed by atoms with E-state index >= 15 is 0 Å². The summed E-state index contributed by atoms with van der Waals surface area (Å²) in [6.07, 6.45) is 1.59. The summed E-state index contributed by atoms with van der Waals surface area (Å²) in [6.45, 7) is 0.0631. The maximum Gasteiger partial charge on any atom is 0.310 e. The first-order chi connectivity index (χ1) is 15.0. The highest BCUT2D eigenvalue weighted by molar-refractivity contribution is 7.19. The van der Waals surface area contributed by atoms with Gasteiger partial charge in [-0.3, -0.25) is 14.2 Å². The molecular weight excluding hydrogens is 456 g/mol. The largest absolute Gasteiger partial charge is 0.497 e. The van der Waals surface area contributed by atoms with E-state index in [0.29, 0.717) is 30.0 Å². The Kier molecular flexibility index (Phi) is 5.08. The van der Waals surface area contributed by atoms with E-state index in [2.05, 4.69) is 0 Å². The number of Topliss-reactive ketones (excluding diaryl/α,β-unsaturated/α-hetero) is 1. The minimum Gasteiger partial charge on any atom is -0.497 e. The number of methoxy groups -OCH3 is 1. The smallest absolute Gasteiger partial charge is 0.310 e. The van der Waals surface area contributed by atoms with Crippen molar-refractivity contribution in [1.82, 2.24) is 9.55 Å². The van der Waals surface area contributed by atoms with Crippen LogP contribution in [0.15, 0.2) is 34.4 Å². The van der Waals surface area contributed by atoms with Crippen molar-refractivity contribution >= 4 is 50.3 Å². The molecule has 1 N–H and O–H groups in total. The Morgan fingerprint density at radius 2 is 2.00 bits per heavy atom. The second-order valence-electron chi connectivity index (χ2n) is 7.32. The number of aromatic hydroxyl groups is 1. The molecule has 0 aliphatic heterocycles. The molecule has 3 aromatic heterocycles. The molecule has 0 saturated carbocycles. The van der Waals surface area contributed by atoms with Crippen LogP contribution in [0.25, 0.3) is 21.3 Å². The van der Waals surface area contributed by atoms with Crippen molar-refractivity contribution in [1.29, 1.82) is 0 Å². The number of aryl methyl sites for hydroxylation is 1. The second-order valence-corrected chi connectivity index (χ2v) is 9.60. The first-order valence-corrected chi connectivity index (χ1v) is 11.7. The second kappa shape index (κ2) is 7.78. The molecule has 1 aliphatic rings. The molecule has 0 amide bonds. The minimum absolute atomic E-state index is 0.0631. The number of benzene rings is 1. The molecule has 0 bridgehead atoms. The number of pyridine rings is 1. The molecule has 1 aliphatic carbocycles. The Morgan fingerprint density at radius 3 is 2.68 bits per heavy atom. The van der Waals surface area contributed by atoms with E-state index in [1.165, 1.54) is 21.3 Å². The summed E-state index contributed by atoms with van der Waals surface area (Å²) in [5.41, 5.74) is 3.36. The summed E-state index contributed by atoms with van der Waals surface area (Å²) >= 11 is 9.32. The topological polar surface area (TPSA) is 81.4 Å². The van der Waals surface area contributed by atoms with Gasteiger partial charge in [0.1, 0.15) is 16.4 Å². The lowest BCUT2D eigenvalue weighted by molar-refractivity contribution is -0.118. The normalized spacial score (nSPS) is 13.5. The SMILES string of the molecule is COc1ccc(-c2c(Cl)c(Cn3c(O)csc3=O)nc3sc4c(c23)CCC(=O)C4)cc1. The molecule has 158 valence electrons. The number of hydrogen-bond donors (Lipinski definition) is 1. The van der Waals surface area contributed by atoms with Gasteiger partial charge in [0.25, 0.3) is 0 Å². The lowest BCUT2D eigenvalue weighted by Gasteiger charge is -2.15. The fraction of sp³-hybridized carbons (Fsp3) is 0.227. The molecule has 0 atom stereocenters. The van der Waals surface area contributed by atoms with Crippen molar-refractivity contribution in [2.75, 3.05) is 7.11 Å². The average molecular weight is 473 g/mol. The van der Waals surface area contributed by atoms with Crippen LogP contribution in [0, 0.1) is 0 Å². The van der Waals surface area contributed by atoms with Crippen LogP contribution in [0.3, 0.4) is 0 Å². The van der Waals surface area contributed by atoms with Crippen LogP contribution in [0.5, 0.6) is 11.6 Å². The summed E-state index contributed by atoms with van der Waals surface area (Å²) in [4.78, 5) is 30.5. The van der Waals surface area contributed by atoms with Gasteiger partial charge in [-0.25, -0.2) is 4.98 Å². The molecule has 4 aromatic rings. The Balaban J connectivity index is 1.77. The third-order valence-electron chi connectivity index (χ3n) is 5.49. The number of aromatic nitrogens is 2. The van der Waals surface area contributed by atoms with Crippen molar-refractivity contribution in [3.8, 4) is 22.8 Å². The summed E-state index contributed by atoms with van der Waals surface area (Å²) in [5.74, 6) is 0.847. The standard InChI is InChI=1S/C22H17ClN2O4S2/c1-29-13-5-2-11(3-6-13)18-19-14-7-4-12(26)8-16(14)31-21(19)24-15(20(18)23)9-25-17(27)10-30-22(25)28/h2-3,5-6,10,27H,4,7-9H2,1H3. The molecule has 5 rings (SSSR count). The number of fused-ring (bicyclic) bond motifs is 3. The first-order valence-electron chi connectivity index (χ1n) is 9.62. The molecule has 0 saturated heterocycles. The number of rotatable bonds is 4. The number of halogens is 1. The predicted octanol–water partition coefficient (Wildman–Crippen LogP) is 4.66. The van der Waals surface area contributed by atoms with E-state index in [1.807, 2.05) is 24.3 Å². The number of thiophene rings is 1. The summed E-state index contributed by atoms with van der Waals surface area (Å²) < 4.78 is 6.53. The first kappa shape index (κ1) is 20.2. The van der Waals surface area contributed by atoms with Crippen molar-refractivity contribution in [2.45, 2.75) is 25.8 Å². The Bertz CT molecular complexity index is 1390. The number of carbonyl (C=O) groups excluding carboxylic acids is 1. The Morgan fingerprint density at radius 1 is 1.23 bits per heavy atom. The molecule has 3 heterocycles. The van der Waals surface area contributed by atoms with Crippen molar-refractivity contribution in [3.05, 3.63) is 60.5 Å². The van der Waals surface area contributed by atoms with Crippen LogP contribution in [0.2, 0.25) is 5.02 Å². The van der Waals surface area contributed by atoms with Gasteiger partial charge in [0, 0.05) is 28.7 Å². The highest BCUT2D eigenvalue weighted by atomic mass is 35.5. The van der Waals surface area contributed by atoms with E-state index in [1.54, 1.807) is 7.11 Å². The van der Waals surface area contributed by atoms with Gasteiger partial charge in [-0.1, -0.05) is 35.1 Å². The van der Waals surface area contributed by atoms with Gasteiger partial charge in [0.15, 0.2) is 0 Å². The van der Waals surface area contributed by atoms with Crippen LogP contribution in [-0.2, 0) is 24.2 Å². The van der Waals surface area contributed by atoms with Gasteiger partial charge < -0.3 is 9.84 Å². The van der Waals surface area contributed by atoms with Gasteiger partial charge in [-0.15, -0.1) is 11.3 Å². The zero-order valence-electron chi connectivity index (χ0n) is 16.5. The van der Waals surface area contributed by atoms with Gasteiger partial charge in [0.05, 0.1) is 29.8 Å². The third kappa shape index (κ3) is 3.44. The van der Waals surface area contributed by atoms with Crippen molar-refractivity contribution in [2.24, 2.45) is 0 Å². The molecule has 1 aromatic carbocycles. The molecule has 0 spiro atoms. The van der Waals surface area contributed by atoms with E-state index in [0.717, 1.165) is 48.9 Å². The number of thiazole rings is 1. The molecule has 31 heavy (non-hydrogen) atoms. The molecule has 0 unspecified atom stereocenters. The number of ether oxygens (including phenoxy) is 1. The van der Waals surface area contributed by atoms with E-state index in [9.17, 15) is 14.7 Å². The lowest BCUT2D eigenvalue weighted by atomic mass is 9.92. The monoisotopic (exact) mass is 472 g/mol. The van der Waals surface area contributed by atoms with Crippen LogP contribution in [-0.4, -0.2) is 27.6 Å². The molecule has 0 fully saturated rings. The summed E-state index contributed by atoms with van der Waals surface area (Å²) in [5, 5.41) is 12.9. The highest BCUT2D eigenvalue weighted by Gasteiger charge is 2.26. The number of hydrogen-bond acceptors (Lipinski definition) is 7. The molecule has 0 radical (unpaired) electrons. The van der Waals surface area contributed by atoms with E-state index in [-0.39, 0.29) is 23.1 Å². The fourth-order valence-electron chi connectivity index (χ4n) is 3.95. The maximum atomic E-state index is 12.1.